The minimum absolute atomic E-state index is 0.222. The highest BCUT2D eigenvalue weighted by Crippen LogP contribution is 2.18. The number of nitrogens with zero attached hydrogens (tertiary/aromatic N) is 8. The molecule has 0 bridgehead atoms. The van der Waals surface area contributed by atoms with Crippen LogP contribution in [0.4, 0.5) is 0 Å². The lowest BCUT2D eigenvalue weighted by Crippen LogP contribution is -2.22. The van der Waals surface area contributed by atoms with Crippen molar-refractivity contribution >= 4 is 33.1 Å². The maximum atomic E-state index is 13.3. The van der Waals surface area contributed by atoms with Crippen LogP contribution in [0.1, 0.15) is 49.3 Å². The molecule has 0 fully saturated rings. The molecular weight excluding hydrogens is 516 g/mol. The number of aromatic nitrogens is 8. The van der Waals surface area contributed by atoms with E-state index in [2.05, 4.69) is 48.4 Å². The summed E-state index contributed by atoms with van der Waals surface area (Å²) in [6.07, 6.45) is 6.10. The van der Waals surface area contributed by atoms with Gasteiger partial charge in [-0.3, -0.25) is 13.0 Å². The van der Waals surface area contributed by atoms with E-state index in [1.165, 1.54) is 0 Å². The number of hydrogen-bond acceptors (Lipinski definition) is 8. The Bertz CT molecular complexity index is 1530. The standard InChI is InChI=1S/C23H25BrN8O3/c1-3-4-5-11-30-21-20(31(24)14-25-21)22(33)32-18(27-28-23(30)32)9-10-19-26-17(29-35-19)13-15-7-6-8-16(12-15)34-2/h6-8,12,14H,3-5,9-11,13H2,1-2H3. The first-order valence-electron chi connectivity index (χ1n) is 11.5. The first-order chi connectivity index (χ1) is 17.1. The predicted octanol–water partition coefficient (Wildman–Crippen LogP) is 3.36. The van der Waals surface area contributed by atoms with Crippen molar-refractivity contribution in [3.8, 4) is 5.75 Å². The molecule has 35 heavy (non-hydrogen) atoms. The van der Waals surface area contributed by atoms with E-state index in [1.807, 2.05) is 28.8 Å². The number of fused-ring (bicyclic) bond motifs is 2. The van der Waals surface area contributed by atoms with Gasteiger partial charge in [-0.05, 0) is 24.1 Å². The van der Waals surface area contributed by atoms with Gasteiger partial charge in [0, 0.05) is 25.8 Å². The molecule has 5 rings (SSSR count). The van der Waals surface area contributed by atoms with Gasteiger partial charge in [-0.15, -0.1) is 10.2 Å². The van der Waals surface area contributed by atoms with Crippen molar-refractivity contribution in [2.24, 2.45) is 0 Å². The molecule has 12 heteroatoms. The summed E-state index contributed by atoms with van der Waals surface area (Å²) in [5.41, 5.74) is 1.85. The van der Waals surface area contributed by atoms with Crippen LogP contribution in [0.15, 0.2) is 39.9 Å². The average molecular weight is 541 g/mol. The second-order valence-electron chi connectivity index (χ2n) is 8.28. The molecule has 4 heterocycles. The summed E-state index contributed by atoms with van der Waals surface area (Å²) in [6, 6.07) is 7.75. The SMILES string of the molecule is CCCCCn1c2ncn(Br)c2c(=O)n2c(CCc3nc(Cc4cccc(OC)c4)no3)nnc12. The van der Waals surface area contributed by atoms with E-state index in [0.29, 0.717) is 60.3 Å². The number of halogens is 1. The van der Waals surface area contributed by atoms with E-state index in [0.717, 1.165) is 30.6 Å². The second-order valence-corrected chi connectivity index (χ2v) is 9.04. The van der Waals surface area contributed by atoms with E-state index in [1.54, 1.807) is 21.4 Å². The number of unbranched alkanes of at least 4 members (excludes halogenated alkanes) is 2. The first kappa shape index (κ1) is 23.2. The fraction of sp³-hybridized carbons (Fsp3) is 0.391. The van der Waals surface area contributed by atoms with Crippen LogP contribution in [0.2, 0.25) is 0 Å². The van der Waals surface area contributed by atoms with Gasteiger partial charge in [0.05, 0.1) is 23.3 Å². The van der Waals surface area contributed by atoms with E-state index < -0.39 is 0 Å². The lowest BCUT2D eigenvalue weighted by atomic mass is 10.1. The normalized spacial score (nSPS) is 11.6. The minimum Gasteiger partial charge on any atom is -0.497 e. The van der Waals surface area contributed by atoms with Gasteiger partial charge in [0.1, 0.15) is 17.9 Å². The minimum atomic E-state index is -0.222. The molecule has 0 saturated heterocycles. The van der Waals surface area contributed by atoms with Crippen LogP contribution < -0.4 is 10.3 Å². The molecule has 0 N–H and O–H groups in total. The van der Waals surface area contributed by atoms with Crippen molar-refractivity contribution in [3.63, 3.8) is 0 Å². The van der Waals surface area contributed by atoms with Gasteiger partial charge in [-0.1, -0.05) is 37.1 Å². The molecule has 0 aliphatic carbocycles. The molecule has 0 aliphatic rings. The van der Waals surface area contributed by atoms with Crippen LogP contribution in [-0.2, 0) is 25.8 Å². The fourth-order valence-electron chi connectivity index (χ4n) is 4.13. The summed E-state index contributed by atoms with van der Waals surface area (Å²) in [4.78, 5) is 22.2. The smallest absolute Gasteiger partial charge is 0.287 e. The summed E-state index contributed by atoms with van der Waals surface area (Å²) >= 11 is 3.39. The molecule has 5 aromatic rings. The third-order valence-corrected chi connectivity index (χ3v) is 6.41. The predicted molar refractivity (Wildman–Crippen MR) is 132 cm³/mol. The van der Waals surface area contributed by atoms with Crippen molar-refractivity contribution in [1.29, 1.82) is 0 Å². The Kier molecular flexibility index (Phi) is 6.62. The van der Waals surface area contributed by atoms with E-state index in [4.69, 9.17) is 9.26 Å². The van der Waals surface area contributed by atoms with E-state index >= 15 is 0 Å². The molecule has 0 atom stereocenters. The molecule has 0 unspecified atom stereocenters. The van der Waals surface area contributed by atoms with Crippen LogP contribution in [0, 0.1) is 0 Å². The van der Waals surface area contributed by atoms with Gasteiger partial charge in [0.25, 0.3) is 5.56 Å². The molecule has 182 valence electrons. The van der Waals surface area contributed by atoms with E-state index in [-0.39, 0.29) is 5.56 Å². The molecule has 0 saturated carbocycles. The number of methoxy groups -OCH3 is 1. The lowest BCUT2D eigenvalue weighted by Gasteiger charge is -2.09. The summed E-state index contributed by atoms with van der Waals surface area (Å²) in [6.45, 7) is 2.85. The third kappa shape index (κ3) is 4.57. The van der Waals surface area contributed by atoms with Crippen molar-refractivity contribution in [2.75, 3.05) is 7.11 Å². The van der Waals surface area contributed by atoms with Gasteiger partial charge in [0.2, 0.25) is 11.7 Å². The lowest BCUT2D eigenvalue weighted by molar-refractivity contribution is 0.373. The monoisotopic (exact) mass is 540 g/mol. The molecule has 4 aromatic heterocycles. The van der Waals surface area contributed by atoms with Crippen molar-refractivity contribution in [1.82, 2.24) is 37.9 Å². The molecular formula is C23H25BrN8O3. The Balaban J connectivity index is 1.39. The van der Waals surface area contributed by atoms with E-state index in [9.17, 15) is 4.79 Å². The van der Waals surface area contributed by atoms with Crippen molar-refractivity contribution < 1.29 is 9.26 Å². The first-order valence-corrected chi connectivity index (χ1v) is 12.2. The second kappa shape index (κ2) is 9.98. The molecule has 0 aliphatic heterocycles. The quantitative estimate of drug-likeness (QED) is 0.247. The van der Waals surface area contributed by atoms with Gasteiger partial charge >= 0.3 is 0 Å². The van der Waals surface area contributed by atoms with Crippen molar-refractivity contribution in [3.05, 3.63) is 64.0 Å². The zero-order chi connectivity index (χ0) is 24.4. The van der Waals surface area contributed by atoms with Gasteiger partial charge in [-0.2, -0.15) is 4.98 Å². The highest BCUT2D eigenvalue weighted by Gasteiger charge is 2.20. The van der Waals surface area contributed by atoms with Crippen LogP contribution >= 0.6 is 16.1 Å². The van der Waals surface area contributed by atoms with Crippen LogP contribution in [0.25, 0.3) is 16.9 Å². The largest absolute Gasteiger partial charge is 0.497 e. The number of rotatable bonds is 10. The summed E-state index contributed by atoms with van der Waals surface area (Å²) < 4.78 is 15.8. The number of hydrogen-bond donors (Lipinski definition) is 0. The number of aryl methyl sites for hydroxylation is 3. The summed E-state index contributed by atoms with van der Waals surface area (Å²) in [5.74, 6) is 2.88. The van der Waals surface area contributed by atoms with Crippen molar-refractivity contribution in [2.45, 2.75) is 52.0 Å². The maximum Gasteiger partial charge on any atom is 0.287 e. The van der Waals surface area contributed by atoms with Crippen LogP contribution in [0.5, 0.6) is 5.75 Å². The molecule has 11 nitrogen and oxygen atoms in total. The fourth-order valence-corrected chi connectivity index (χ4v) is 4.53. The zero-order valence-corrected chi connectivity index (χ0v) is 21.1. The van der Waals surface area contributed by atoms with Gasteiger partial charge in [-0.25, -0.2) is 9.38 Å². The molecule has 0 amide bonds. The topological polar surface area (TPSA) is 118 Å². The Morgan fingerprint density at radius 1 is 1.17 bits per heavy atom. The summed E-state index contributed by atoms with van der Waals surface area (Å²) in [5, 5.41) is 12.8. The average Bonchev–Trinajstić information content (AvgIpc) is 3.59. The molecule has 0 spiro atoms. The van der Waals surface area contributed by atoms with Gasteiger partial charge in [0.15, 0.2) is 17.0 Å². The van der Waals surface area contributed by atoms with Gasteiger partial charge < -0.3 is 9.26 Å². The number of benzene rings is 1. The number of imidazole rings is 1. The zero-order valence-electron chi connectivity index (χ0n) is 19.5. The Morgan fingerprint density at radius 3 is 2.89 bits per heavy atom. The summed E-state index contributed by atoms with van der Waals surface area (Å²) in [7, 11) is 1.64. The highest BCUT2D eigenvalue weighted by molar-refractivity contribution is 9.08. The molecule has 1 aromatic carbocycles. The maximum absolute atomic E-state index is 13.3. The Hall–Kier alpha value is -3.54. The number of ether oxygens (including phenoxy) is 1. The van der Waals surface area contributed by atoms with Crippen LogP contribution in [-0.4, -0.2) is 45.0 Å². The Labute approximate surface area is 209 Å². The van der Waals surface area contributed by atoms with Crippen LogP contribution in [0.3, 0.4) is 0 Å². The highest BCUT2D eigenvalue weighted by atomic mass is 79.9. The third-order valence-electron chi connectivity index (χ3n) is 5.88. The molecule has 0 radical (unpaired) electrons. The Morgan fingerprint density at radius 2 is 2.06 bits per heavy atom.